The lowest BCUT2D eigenvalue weighted by molar-refractivity contribution is 0.0656. The topological polar surface area (TPSA) is 21.3 Å². The van der Waals surface area contributed by atoms with E-state index >= 15 is 0 Å². The van der Waals surface area contributed by atoms with Gasteiger partial charge in [0.05, 0.1) is 0 Å². The SMILES string of the molecule is CCCc1ccc(C(C)NCC2CCOCC2)cc1. The van der Waals surface area contributed by atoms with Crippen LogP contribution in [0.15, 0.2) is 24.3 Å². The molecule has 1 aromatic rings. The summed E-state index contributed by atoms with van der Waals surface area (Å²) in [6, 6.07) is 9.52. The van der Waals surface area contributed by atoms with Gasteiger partial charge in [-0.2, -0.15) is 0 Å². The smallest absolute Gasteiger partial charge is 0.0469 e. The van der Waals surface area contributed by atoms with Crippen molar-refractivity contribution in [2.45, 2.75) is 45.6 Å². The van der Waals surface area contributed by atoms with Gasteiger partial charge in [-0.25, -0.2) is 0 Å². The highest BCUT2D eigenvalue weighted by Gasteiger charge is 2.14. The third-order valence-corrected chi connectivity index (χ3v) is 4.07. The normalized spacial score (nSPS) is 18.4. The molecule has 0 aliphatic carbocycles. The molecule has 0 amide bonds. The number of rotatable bonds is 6. The maximum absolute atomic E-state index is 5.40. The highest BCUT2D eigenvalue weighted by Crippen LogP contribution is 2.17. The monoisotopic (exact) mass is 261 g/mol. The Bertz CT molecular complexity index is 354. The van der Waals surface area contributed by atoms with Gasteiger partial charge in [0.15, 0.2) is 0 Å². The third kappa shape index (κ3) is 4.63. The van der Waals surface area contributed by atoms with Crippen molar-refractivity contribution in [3.63, 3.8) is 0 Å². The zero-order valence-corrected chi connectivity index (χ0v) is 12.3. The van der Waals surface area contributed by atoms with Gasteiger partial charge in [0.2, 0.25) is 0 Å². The van der Waals surface area contributed by atoms with Gasteiger partial charge in [0.25, 0.3) is 0 Å². The van der Waals surface area contributed by atoms with Crippen LogP contribution in [0.25, 0.3) is 0 Å². The first-order valence-corrected chi connectivity index (χ1v) is 7.69. The molecule has 0 spiro atoms. The molecule has 1 fully saturated rings. The first kappa shape index (κ1) is 14.5. The summed E-state index contributed by atoms with van der Waals surface area (Å²) < 4.78 is 5.40. The second-order valence-corrected chi connectivity index (χ2v) is 5.68. The zero-order chi connectivity index (χ0) is 13.5. The molecule has 19 heavy (non-hydrogen) atoms. The quantitative estimate of drug-likeness (QED) is 0.842. The Hall–Kier alpha value is -0.860. The molecule has 1 aromatic carbocycles. The number of hydrogen-bond donors (Lipinski definition) is 1. The molecule has 106 valence electrons. The van der Waals surface area contributed by atoms with E-state index in [4.69, 9.17) is 4.74 Å². The Morgan fingerprint density at radius 1 is 1.21 bits per heavy atom. The highest BCUT2D eigenvalue weighted by molar-refractivity contribution is 5.24. The molecule has 0 radical (unpaired) electrons. The molecule has 0 bridgehead atoms. The molecule has 1 N–H and O–H groups in total. The van der Waals surface area contributed by atoms with Crippen LogP contribution in [0.4, 0.5) is 0 Å². The number of ether oxygens (including phenoxy) is 1. The standard InChI is InChI=1S/C17H27NO/c1-3-4-15-5-7-17(8-6-15)14(2)18-13-16-9-11-19-12-10-16/h5-8,14,16,18H,3-4,9-13H2,1-2H3. The first-order chi connectivity index (χ1) is 9.29. The van der Waals surface area contributed by atoms with Crippen molar-refractivity contribution >= 4 is 0 Å². The van der Waals surface area contributed by atoms with Gasteiger partial charge < -0.3 is 10.1 Å². The van der Waals surface area contributed by atoms with Crippen molar-refractivity contribution in [2.24, 2.45) is 5.92 Å². The minimum Gasteiger partial charge on any atom is -0.381 e. The largest absolute Gasteiger partial charge is 0.381 e. The van der Waals surface area contributed by atoms with Crippen LogP contribution >= 0.6 is 0 Å². The van der Waals surface area contributed by atoms with Crippen molar-refractivity contribution < 1.29 is 4.74 Å². The summed E-state index contributed by atoms with van der Waals surface area (Å²) in [6.07, 6.45) is 4.81. The first-order valence-electron chi connectivity index (χ1n) is 7.69. The summed E-state index contributed by atoms with van der Waals surface area (Å²) in [6.45, 7) is 7.47. The van der Waals surface area contributed by atoms with Crippen LogP contribution in [0.3, 0.4) is 0 Å². The van der Waals surface area contributed by atoms with Crippen molar-refractivity contribution in [3.05, 3.63) is 35.4 Å². The van der Waals surface area contributed by atoms with Crippen LogP contribution in [0.1, 0.15) is 50.3 Å². The average Bonchev–Trinajstić information content (AvgIpc) is 2.47. The van der Waals surface area contributed by atoms with E-state index in [9.17, 15) is 0 Å². The Labute approximate surface area is 117 Å². The van der Waals surface area contributed by atoms with Gasteiger partial charge in [0, 0.05) is 19.3 Å². The van der Waals surface area contributed by atoms with E-state index in [0.717, 1.165) is 25.7 Å². The van der Waals surface area contributed by atoms with Crippen LogP contribution in [-0.4, -0.2) is 19.8 Å². The van der Waals surface area contributed by atoms with Crippen molar-refractivity contribution in [3.8, 4) is 0 Å². The number of aryl methyl sites for hydroxylation is 1. The summed E-state index contributed by atoms with van der Waals surface area (Å²) in [5, 5.41) is 3.66. The number of benzene rings is 1. The van der Waals surface area contributed by atoms with Crippen LogP contribution in [0.2, 0.25) is 0 Å². The second-order valence-electron chi connectivity index (χ2n) is 5.68. The summed E-state index contributed by atoms with van der Waals surface area (Å²) >= 11 is 0. The summed E-state index contributed by atoms with van der Waals surface area (Å²) in [4.78, 5) is 0. The van der Waals surface area contributed by atoms with Crippen molar-refractivity contribution in [1.29, 1.82) is 0 Å². The predicted octanol–water partition coefficient (Wildman–Crippen LogP) is 3.72. The molecule has 0 saturated carbocycles. The summed E-state index contributed by atoms with van der Waals surface area (Å²) in [5.41, 5.74) is 2.84. The predicted molar refractivity (Wildman–Crippen MR) is 80.4 cm³/mol. The van der Waals surface area contributed by atoms with Crippen LogP contribution in [0.5, 0.6) is 0 Å². The van der Waals surface area contributed by atoms with Crippen LogP contribution < -0.4 is 5.32 Å². The Morgan fingerprint density at radius 2 is 1.89 bits per heavy atom. The molecule has 1 atom stereocenters. The minimum absolute atomic E-state index is 0.443. The molecular formula is C17H27NO. The van der Waals surface area contributed by atoms with Gasteiger partial charge in [-0.3, -0.25) is 0 Å². The number of hydrogen-bond acceptors (Lipinski definition) is 2. The molecule has 2 nitrogen and oxygen atoms in total. The maximum atomic E-state index is 5.40. The molecule has 1 unspecified atom stereocenters. The molecule has 1 heterocycles. The van der Waals surface area contributed by atoms with Gasteiger partial charge >= 0.3 is 0 Å². The molecule has 1 saturated heterocycles. The second kappa shape index (κ2) is 7.66. The van der Waals surface area contributed by atoms with E-state index in [-0.39, 0.29) is 0 Å². The van der Waals surface area contributed by atoms with Gasteiger partial charge in [-0.1, -0.05) is 37.6 Å². The Balaban J connectivity index is 1.79. The fourth-order valence-corrected chi connectivity index (χ4v) is 2.67. The molecule has 0 aromatic heterocycles. The molecular weight excluding hydrogens is 234 g/mol. The average molecular weight is 261 g/mol. The molecule has 2 heteroatoms. The van der Waals surface area contributed by atoms with E-state index in [1.54, 1.807) is 0 Å². The highest BCUT2D eigenvalue weighted by atomic mass is 16.5. The van der Waals surface area contributed by atoms with Crippen molar-refractivity contribution in [2.75, 3.05) is 19.8 Å². The van der Waals surface area contributed by atoms with Gasteiger partial charge in [-0.05, 0) is 49.8 Å². The minimum atomic E-state index is 0.443. The fraction of sp³-hybridized carbons (Fsp3) is 0.647. The van der Waals surface area contributed by atoms with E-state index < -0.39 is 0 Å². The van der Waals surface area contributed by atoms with Gasteiger partial charge in [-0.15, -0.1) is 0 Å². The van der Waals surface area contributed by atoms with E-state index in [2.05, 4.69) is 43.4 Å². The van der Waals surface area contributed by atoms with Crippen LogP contribution in [0, 0.1) is 5.92 Å². The maximum Gasteiger partial charge on any atom is 0.0469 e. The molecule has 1 aliphatic rings. The molecule has 1 aliphatic heterocycles. The Morgan fingerprint density at radius 3 is 2.53 bits per heavy atom. The lowest BCUT2D eigenvalue weighted by atomic mass is 9.99. The van der Waals surface area contributed by atoms with E-state index in [1.165, 1.54) is 36.8 Å². The summed E-state index contributed by atoms with van der Waals surface area (Å²) in [5.74, 6) is 0.788. The zero-order valence-electron chi connectivity index (χ0n) is 12.3. The van der Waals surface area contributed by atoms with E-state index in [1.807, 2.05) is 0 Å². The van der Waals surface area contributed by atoms with E-state index in [0.29, 0.717) is 6.04 Å². The lowest BCUT2D eigenvalue weighted by Gasteiger charge is -2.24. The Kier molecular flexibility index (Phi) is 5.87. The third-order valence-electron chi connectivity index (χ3n) is 4.07. The lowest BCUT2D eigenvalue weighted by Crippen LogP contribution is -2.29. The number of nitrogens with one attached hydrogen (secondary N) is 1. The summed E-state index contributed by atoms with van der Waals surface area (Å²) in [7, 11) is 0. The van der Waals surface area contributed by atoms with Crippen LogP contribution in [-0.2, 0) is 11.2 Å². The fourth-order valence-electron chi connectivity index (χ4n) is 2.67. The molecule has 2 rings (SSSR count). The van der Waals surface area contributed by atoms with Crippen molar-refractivity contribution in [1.82, 2.24) is 5.32 Å². The van der Waals surface area contributed by atoms with Gasteiger partial charge in [0.1, 0.15) is 0 Å².